The first kappa shape index (κ1) is 13.3. The second-order valence-corrected chi connectivity index (χ2v) is 6.01. The van der Waals surface area contributed by atoms with Gasteiger partial charge in [-0.3, -0.25) is 19.9 Å². The smallest absolute Gasteiger partial charge is 0.234 e. The van der Waals surface area contributed by atoms with E-state index in [4.69, 9.17) is 11.6 Å². The fraction of sp³-hybridized carbons (Fsp3) is 0.214. The zero-order valence-corrected chi connectivity index (χ0v) is 11.9. The van der Waals surface area contributed by atoms with Gasteiger partial charge in [-0.2, -0.15) is 0 Å². The van der Waals surface area contributed by atoms with Crippen LogP contribution in [0.1, 0.15) is 28.7 Å². The molecule has 6 heteroatoms. The summed E-state index contributed by atoms with van der Waals surface area (Å²) in [4.78, 5) is 28.9. The number of imide groups is 1. The number of carbonyl (C=O) groups is 2. The number of hydrogen-bond donors (Lipinski definition) is 1. The Morgan fingerprint density at radius 3 is 2.65 bits per heavy atom. The first-order valence-corrected chi connectivity index (χ1v) is 7.38. The van der Waals surface area contributed by atoms with Gasteiger partial charge >= 0.3 is 0 Å². The molecular weight excluding hydrogens is 296 g/mol. The van der Waals surface area contributed by atoms with Gasteiger partial charge in [0.1, 0.15) is 0 Å². The van der Waals surface area contributed by atoms with E-state index >= 15 is 0 Å². The predicted molar refractivity (Wildman–Crippen MR) is 76.8 cm³/mol. The zero-order valence-electron chi connectivity index (χ0n) is 10.4. The summed E-state index contributed by atoms with van der Waals surface area (Å²) in [7, 11) is 0. The van der Waals surface area contributed by atoms with Gasteiger partial charge in [-0.15, -0.1) is 11.3 Å². The van der Waals surface area contributed by atoms with E-state index in [0.717, 1.165) is 10.4 Å². The third-order valence-corrected chi connectivity index (χ3v) is 4.56. The SMILES string of the molecule is O=C1CC(c2cncs2)C(c2ccc(Cl)cc2)C(=O)N1. The van der Waals surface area contributed by atoms with Crippen LogP contribution in [0.15, 0.2) is 36.0 Å². The molecule has 4 nitrogen and oxygen atoms in total. The van der Waals surface area contributed by atoms with Crippen LogP contribution in [0.5, 0.6) is 0 Å². The summed E-state index contributed by atoms with van der Waals surface area (Å²) in [6.45, 7) is 0. The maximum absolute atomic E-state index is 12.2. The number of aromatic nitrogens is 1. The van der Waals surface area contributed by atoms with Crippen molar-refractivity contribution >= 4 is 34.8 Å². The molecule has 1 aliphatic heterocycles. The van der Waals surface area contributed by atoms with Crippen LogP contribution >= 0.6 is 22.9 Å². The molecule has 0 radical (unpaired) electrons. The Hall–Kier alpha value is -1.72. The molecule has 1 aromatic heterocycles. The third-order valence-electron chi connectivity index (χ3n) is 3.40. The molecule has 20 heavy (non-hydrogen) atoms. The number of rotatable bonds is 2. The number of carbonyl (C=O) groups excluding carboxylic acids is 2. The molecular formula is C14H11ClN2O2S. The number of halogens is 1. The van der Waals surface area contributed by atoms with Gasteiger partial charge in [0.25, 0.3) is 0 Å². The van der Waals surface area contributed by atoms with E-state index in [-0.39, 0.29) is 23.7 Å². The van der Waals surface area contributed by atoms with E-state index in [1.807, 2.05) is 12.1 Å². The van der Waals surface area contributed by atoms with Crippen molar-refractivity contribution in [3.8, 4) is 0 Å². The molecule has 0 bridgehead atoms. The molecule has 1 fully saturated rings. The number of hydrogen-bond acceptors (Lipinski definition) is 4. The lowest BCUT2D eigenvalue weighted by atomic mass is 9.80. The quantitative estimate of drug-likeness (QED) is 0.868. The first-order chi connectivity index (χ1) is 9.65. The standard InChI is InChI=1S/C14H11ClN2O2S/c15-9-3-1-8(2-4-9)13-10(11-6-16-7-20-11)5-12(18)17-14(13)19/h1-4,6-7,10,13H,5H2,(H,17,18,19). The normalized spacial score (nSPS) is 22.6. The topological polar surface area (TPSA) is 59.1 Å². The summed E-state index contributed by atoms with van der Waals surface area (Å²) in [6, 6.07) is 7.17. The van der Waals surface area contributed by atoms with Crippen LogP contribution in [0.4, 0.5) is 0 Å². The van der Waals surface area contributed by atoms with Crippen LogP contribution in [-0.4, -0.2) is 16.8 Å². The second kappa shape index (κ2) is 5.34. The van der Waals surface area contributed by atoms with E-state index in [1.54, 1.807) is 23.8 Å². The average molecular weight is 307 g/mol. The Morgan fingerprint density at radius 2 is 2.00 bits per heavy atom. The van der Waals surface area contributed by atoms with Crippen LogP contribution in [0.2, 0.25) is 5.02 Å². The number of nitrogens with one attached hydrogen (secondary N) is 1. The lowest BCUT2D eigenvalue weighted by Crippen LogP contribution is -2.43. The molecule has 2 atom stereocenters. The molecule has 2 unspecified atom stereocenters. The van der Waals surface area contributed by atoms with E-state index in [2.05, 4.69) is 10.3 Å². The number of nitrogens with zero attached hydrogens (tertiary/aromatic N) is 1. The van der Waals surface area contributed by atoms with Gasteiger partial charge in [0, 0.05) is 28.4 Å². The van der Waals surface area contributed by atoms with E-state index in [9.17, 15) is 9.59 Å². The largest absolute Gasteiger partial charge is 0.296 e. The van der Waals surface area contributed by atoms with Crippen LogP contribution in [-0.2, 0) is 9.59 Å². The summed E-state index contributed by atoms with van der Waals surface area (Å²) in [5.74, 6) is -1.05. The number of amides is 2. The summed E-state index contributed by atoms with van der Waals surface area (Å²) >= 11 is 7.35. The maximum Gasteiger partial charge on any atom is 0.234 e. The summed E-state index contributed by atoms with van der Waals surface area (Å²) in [5.41, 5.74) is 2.57. The Labute approximate surface area is 124 Å². The first-order valence-electron chi connectivity index (χ1n) is 6.12. The van der Waals surface area contributed by atoms with Crippen molar-refractivity contribution in [2.75, 3.05) is 0 Å². The molecule has 0 saturated carbocycles. The minimum Gasteiger partial charge on any atom is -0.296 e. The van der Waals surface area contributed by atoms with Gasteiger partial charge in [-0.1, -0.05) is 23.7 Å². The molecule has 3 rings (SSSR count). The van der Waals surface area contributed by atoms with Gasteiger partial charge in [-0.05, 0) is 17.7 Å². The highest BCUT2D eigenvalue weighted by Gasteiger charge is 2.38. The molecule has 1 aromatic carbocycles. The Balaban J connectivity index is 2.01. The molecule has 1 N–H and O–H groups in total. The highest BCUT2D eigenvalue weighted by Crippen LogP contribution is 2.39. The van der Waals surface area contributed by atoms with Crippen LogP contribution in [0, 0.1) is 0 Å². The van der Waals surface area contributed by atoms with Crippen molar-refractivity contribution in [1.82, 2.24) is 10.3 Å². The van der Waals surface area contributed by atoms with Gasteiger partial charge < -0.3 is 0 Å². The fourth-order valence-corrected chi connectivity index (χ4v) is 3.38. The summed E-state index contributed by atoms with van der Waals surface area (Å²) < 4.78 is 0. The number of thiazole rings is 1. The maximum atomic E-state index is 12.2. The number of piperidine rings is 1. The molecule has 2 aromatic rings. The van der Waals surface area contributed by atoms with Crippen molar-refractivity contribution < 1.29 is 9.59 Å². The highest BCUT2D eigenvalue weighted by molar-refractivity contribution is 7.09. The van der Waals surface area contributed by atoms with E-state index in [0.29, 0.717) is 11.4 Å². The predicted octanol–water partition coefficient (Wildman–Crippen LogP) is 2.71. The van der Waals surface area contributed by atoms with Gasteiger partial charge in [0.15, 0.2) is 0 Å². The molecule has 1 saturated heterocycles. The minimum absolute atomic E-state index is 0.162. The molecule has 1 aliphatic rings. The van der Waals surface area contributed by atoms with Gasteiger partial charge in [-0.25, -0.2) is 0 Å². The van der Waals surface area contributed by atoms with Crippen molar-refractivity contribution in [3.63, 3.8) is 0 Å². The van der Waals surface area contributed by atoms with Crippen molar-refractivity contribution in [2.24, 2.45) is 0 Å². The monoisotopic (exact) mass is 306 g/mol. The van der Waals surface area contributed by atoms with Crippen molar-refractivity contribution in [1.29, 1.82) is 0 Å². The highest BCUT2D eigenvalue weighted by atomic mass is 35.5. The Kier molecular flexibility index (Phi) is 3.54. The molecule has 102 valence electrons. The Morgan fingerprint density at radius 1 is 1.25 bits per heavy atom. The van der Waals surface area contributed by atoms with Crippen LogP contribution < -0.4 is 5.32 Å². The lowest BCUT2D eigenvalue weighted by Gasteiger charge is -2.29. The number of benzene rings is 1. The van der Waals surface area contributed by atoms with Crippen LogP contribution in [0.3, 0.4) is 0 Å². The van der Waals surface area contributed by atoms with Gasteiger partial charge in [0.05, 0.1) is 11.4 Å². The van der Waals surface area contributed by atoms with E-state index in [1.165, 1.54) is 11.3 Å². The fourth-order valence-electron chi connectivity index (χ4n) is 2.49. The van der Waals surface area contributed by atoms with E-state index < -0.39 is 0 Å². The zero-order chi connectivity index (χ0) is 14.1. The van der Waals surface area contributed by atoms with Crippen LogP contribution in [0.25, 0.3) is 0 Å². The average Bonchev–Trinajstić information content (AvgIpc) is 2.93. The van der Waals surface area contributed by atoms with Crippen molar-refractivity contribution in [3.05, 3.63) is 51.4 Å². The summed E-state index contributed by atoms with van der Waals surface area (Å²) in [5, 5.41) is 3.03. The van der Waals surface area contributed by atoms with Crippen molar-refractivity contribution in [2.45, 2.75) is 18.3 Å². The molecule has 2 amide bonds. The Bertz CT molecular complexity index is 640. The molecule has 2 heterocycles. The molecule has 0 spiro atoms. The lowest BCUT2D eigenvalue weighted by molar-refractivity contribution is -0.135. The van der Waals surface area contributed by atoms with Gasteiger partial charge in [0.2, 0.25) is 11.8 Å². The second-order valence-electron chi connectivity index (χ2n) is 4.66. The summed E-state index contributed by atoms with van der Waals surface area (Å²) in [6.07, 6.45) is 2.02. The minimum atomic E-state index is -0.384. The third kappa shape index (κ3) is 2.46. The molecule has 0 aliphatic carbocycles.